The second kappa shape index (κ2) is 7.97. The summed E-state index contributed by atoms with van der Waals surface area (Å²) in [4.78, 5) is 6.72. The summed E-state index contributed by atoms with van der Waals surface area (Å²) in [7, 11) is 1.64. The van der Waals surface area contributed by atoms with E-state index in [9.17, 15) is 0 Å². The number of fused-ring (bicyclic) bond motifs is 1. The van der Waals surface area contributed by atoms with Crippen LogP contribution < -0.4 is 15.4 Å². The number of ether oxygens (including phenoxy) is 1. The van der Waals surface area contributed by atoms with E-state index >= 15 is 0 Å². The lowest BCUT2D eigenvalue weighted by molar-refractivity contribution is 0.415. The summed E-state index contributed by atoms with van der Waals surface area (Å²) in [5.41, 5.74) is 10.0. The van der Waals surface area contributed by atoms with E-state index in [0.717, 1.165) is 28.1 Å². The number of rotatable bonds is 4. The quantitative estimate of drug-likeness (QED) is 0.516. The van der Waals surface area contributed by atoms with E-state index < -0.39 is 6.17 Å². The predicted octanol–water partition coefficient (Wildman–Crippen LogP) is 3.45. The zero-order chi connectivity index (χ0) is 19.8. The number of tetrazole rings is 1. The van der Waals surface area contributed by atoms with Gasteiger partial charge < -0.3 is 19.8 Å². The minimum absolute atomic E-state index is 0. The summed E-state index contributed by atoms with van der Waals surface area (Å²) < 4.78 is 10.8. The van der Waals surface area contributed by atoms with E-state index in [1.54, 1.807) is 13.4 Å². The molecule has 2 aromatic heterocycles. The number of aliphatic imine (C=N–C) groups is 1. The Morgan fingerprint density at radius 3 is 2.63 bits per heavy atom. The SMILES string of the molecule is COc1ccc(N2C(c3cccc(-c4nnn[nH]4)c3)=Nc3occc3C2N)cc1.Cl. The molecule has 3 N–H and O–H groups in total. The fraction of sp³-hybridized carbons (Fsp3) is 0.100. The first-order valence-corrected chi connectivity index (χ1v) is 8.94. The van der Waals surface area contributed by atoms with Crippen molar-refractivity contribution in [3.8, 4) is 17.1 Å². The van der Waals surface area contributed by atoms with Crippen LogP contribution in [0.5, 0.6) is 5.75 Å². The molecule has 3 heterocycles. The van der Waals surface area contributed by atoms with Gasteiger partial charge in [0, 0.05) is 16.8 Å². The Morgan fingerprint density at radius 1 is 1.10 bits per heavy atom. The zero-order valence-electron chi connectivity index (χ0n) is 15.9. The summed E-state index contributed by atoms with van der Waals surface area (Å²) in [5.74, 6) is 2.51. The Kier molecular flexibility index (Phi) is 5.21. The highest BCUT2D eigenvalue weighted by atomic mass is 35.5. The number of amidine groups is 1. The van der Waals surface area contributed by atoms with E-state index in [0.29, 0.717) is 17.5 Å². The van der Waals surface area contributed by atoms with Crippen LogP contribution in [0.4, 0.5) is 11.6 Å². The number of nitrogens with zero attached hydrogens (tertiary/aromatic N) is 5. The Hall–Kier alpha value is -3.69. The molecule has 0 amide bonds. The summed E-state index contributed by atoms with van der Waals surface area (Å²) in [6, 6.07) is 17.3. The summed E-state index contributed by atoms with van der Waals surface area (Å²) in [5, 5.41) is 14.1. The van der Waals surface area contributed by atoms with Crippen molar-refractivity contribution in [1.29, 1.82) is 0 Å². The number of H-pyrrole nitrogens is 1. The molecular weight excluding hydrogens is 406 g/mol. The average Bonchev–Trinajstić information content (AvgIpc) is 3.46. The molecule has 0 saturated carbocycles. The molecular formula is C20H18ClN7O2. The smallest absolute Gasteiger partial charge is 0.227 e. The average molecular weight is 424 g/mol. The molecule has 0 saturated heterocycles. The predicted molar refractivity (Wildman–Crippen MR) is 114 cm³/mol. The standard InChI is InChI=1S/C20H17N7O2.ClH/c1-28-15-7-5-14(6-8-15)27-17(21)16-9-10-29-20(16)22-19(27)13-4-2-3-12(11-13)18-23-25-26-24-18;/h2-11,17H,21H2,1H3,(H,23,24,25,26);1H. The van der Waals surface area contributed by atoms with Crippen LogP contribution in [-0.2, 0) is 0 Å². The lowest BCUT2D eigenvalue weighted by Gasteiger charge is -2.34. The van der Waals surface area contributed by atoms with Crippen molar-refractivity contribution in [2.75, 3.05) is 12.0 Å². The number of hydrogen-bond donors (Lipinski definition) is 2. The second-order valence-corrected chi connectivity index (χ2v) is 6.46. The van der Waals surface area contributed by atoms with Crippen molar-refractivity contribution in [1.82, 2.24) is 20.6 Å². The normalized spacial score (nSPS) is 15.2. The molecule has 30 heavy (non-hydrogen) atoms. The number of furan rings is 1. The lowest BCUT2D eigenvalue weighted by atomic mass is 10.0. The Bertz CT molecular complexity index is 1170. The van der Waals surface area contributed by atoms with Crippen LogP contribution in [0.3, 0.4) is 0 Å². The van der Waals surface area contributed by atoms with Gasteiger partial charge in [0.1, 0.15) is 17.8 Å². The largest absolute Gasteiger partial charge is 0.497 e. The van der Waals surface area contributed by atoms with Crippen LogP contribution in [0, 0.1) is 0 Å². The van der Waals surface area contributed by atoms with Crippen LogP contribution in [0.25, 0.3) is 11.4 Å². The number of nitrogens with two attached hydrogens (primary N) is 1. The van der Waals surface area contributed by atoms with Crippen molar-refractivity contribution in [3.05, 3.63) is 72.0 Å². The molecule has 152 valence electrons. The fourth-order valence-corrected chi connectivity index (χ4v) is 3.36. The highest BCUT2D eigenvalue weighted by Gasteiger charge is 2.31. The van der Waals surface area contributed by atoms with Crippen LogP contribution >= 0.6 is 12.4 Å². The third-order valence-corrected chi connectivity index (χ3v) is 4.80. The van der Waals surface area contributed by atoms with Gasteiger partial charge in [-0.3, -0.25) is 0 Å². The van der Waals surface area contributed by atoms with Gasteiger partial charge >= 0.3 is 0 Å². The molecule has 0 spiro atoms. The molecule has 1 atom stereocenters. The van der Waals surface area contributed by atoms with Crippen molar-refractivity contribution >= 4 is 29.8 Å². The number of methoxy groups -OCH3 is 1. The fourth-order valence-electron chi connectivity index (χ4n) is 3.36. The molecule has 4 aromatic rings. The number of aromatic nitrogens is 4. The molecule has 5 rings (SSSR count). The number of nitrogens with one attached hydrogen (secondary N) is 1. The molecule has 0 fully saturated rings. The maximum atomic E-state index is 6.61. The molecule has 0 aliphatic carbocycles. The van der Waals surface area contributed by atoms with Gasteiger partial charge in [0.15, 0.2) is 5.82 Å². The van der Waals surface area contributed by atoms with E-state index in [4.69, 9.17) is 19.9 Å². The summed E-state index contributed by atoms with van der Waals surface area (Å²) >= 11 is 0. The number of anilines is 1. The topological polar surface area (TPSA) is 118 Å². The van der Waals surface area contributed by atoms with Gasteiger partial charge in [0.05, 0.1) is 18.9 Å². The van der Waals surface area contributed by atoms with Gasteiger partial charge in [-0.05, 0) is 46.8 Å². The minimum atomic E-state index is -0.458. The van der Waals surface area contributed by atoms with E-state index in [-0.39, 0.29) is 12.4 Å². The minimum Gasteiger partial charge on any atom is -0.497 e. The molecule has 1 unspecified atom stereocenters. The van der Waals surface area contributed by atoms with Crippen molar-refractivity contribution in [2.24, 2.45) is 10.7 Å². The maximum absolute atomic E-state index is 6.61. The summed E-state index contributed by atoms with van der Waals surface area (Å²) in [6.45, 7) is 0. The monoisotopic (exact) mass is 423 g/mol. The Morgan fingerprint density at radius 2 is 1.90 bits per heavy atom. The van der Waals surface area contributed by atoms with Gasteiger partial charge in [-0.15, -0.1) is 17.5 Å². The van der Waals surface area contributed by atoms with Crippen LogP contribution in [0.1, 0.15) is 17.3 Å². The molecule has 2 aromatic carbocycles. The van der Waals surface area contributed by atoms with E-state index in [1.807, 2.05) is 59.5 Å². The number of halogens is 1. The Labute approximate surface area is 178 Å². The van der Waals surface area contributed by atoms with Crippen LogP contribution in [-0.4, -0.2) is 33.6 Å². The second-order valence-electron chi connectivity index (χ2n) is 6.46. The van der Waals surface area contributed by atoms with Crippen molar-refractivity contribution < 1.29 is 9.15 Å². The van der Waals surface area contributed by atoms with E-state index in [2.05, 4.69) is 20.6 Å². The van der Waals surface area contributed by atoms with Gasteiger partial charge in [-0.25, -0.2) is 5.10 Å². The zero-order valence-corrected chi connectivity index (χ0v) is 16.7. The van der Waals surface area contributed by atoms with Crippen LogP contribution in [0.2, 0.25) is 0 Å². The van der Waals surface area contributed by atoms with Crippen molar-refractivity contribution in [2.45, 2.75) is 6.17 Å². The molecule has 1 aliphatic heterocycles. The maximum Gasteiger partial charge on any atom is 0.227 e. The van der Waals surface area contributed by atoms with Crippen molar-refractivity contribution in [3.63, 3.8) is 0 Å². The lowest BCUT2D eigenvalue weighted by Crippen LogP contribution is -2.41. The highest BCUT2D eigenvalue weighted by Crippen LogP contribution is 2.38. The van der Waals surface area contributed by atoms with Crippen LogP contribution in [0.15, 0.2) is 70.3 Å². The first kappa shape index (κ1) is 19.6. The van der Waals surface area contributed by atoms with Gasteiger partial charge in [0.2, 0.25) is 5.88 Å². The third-order valence-electron chi connectivity index (χ3n) is 4.80. The Balaban J connectivity index is 0.00000218. The molecule has 9 nitrogen and oxygen atoms in total. The van der Waals surface area contributed by atoms with Gasteiger partial charge in [-0.2, -0.15) is 4.99 Å². The first-order chi connectivity index (χ1) is 14.2. The number of hydrogen-bond acceptors (Lipinski definition) is 8. The summed E-state index contributed by atoms with van der Waals surface area (Å²) in [6.07, 6.45) is 1.14. The molecule has 10 heteroatoms. The molecule has 0 radical (unpaired) electrons. The van der Waals surface area contributed by atoms with Gasteiger partial charge in [-0.1, -0.05) is 18.2 Å². The number of benzene rings is 2. The van der Waals surface area contributed by atoms with Gasteiger partial charge in [0.25, 0.3) is 0 Å². The number of aromatic amines is 1. The van der Waals surface area contributed by atoms with E-state index in [1.165, 1.54) is 0 Å². The molecule has 0 bridgehead atoms. The third kappa shape index (κ3) is 3.30. The molecule has 1 aliphatic rings. The first-order valence-electron chi connectivity index (χ1n) is 8.94. The highest BCUT2D eigenvalue weighted by molar-refractivity contribution is 6.12.